The van der Waals surface area contributed by atoms with E-state index in [4.69, 9.17) is 5.73 Å². The van der Waals surface area contributed by atoms with Gasteiger partial charge in [-0.1, -0.05) is 20.3 Å². The zero-order valence-corrected chi connectivity index (χ0v) is 10.5. The van der Waals surface area contributed by atoms with Crippen LogP contribution in [0, 0.1) is 5.92 Å². The summed E-state index contributed by atoms with van der Waals surface area (Å²) in [6.07, 6.45) is 1.71. The molecule has 0 aliphatic carbocycles. The number of hydrogen-bond acceptors (Lipinski definition) is 3. The van der Waals surface area contributed by atoms with Gasteiger partial charge in [0.1, 0.15) is 0 Å². The van der Waals surface area contributed by atoms with Crippen molar-refractivity contribution < 1.29 is 8.42 Å². The van der Waals surface area contributed by atoms with E-state index in [0.717, 1.165) is 12.8 Å². The Labute approximate surface area is 88.0 Å². The first-order valence-corrected chi connectivity index (χ1v) is 6.94. The minimum atomic E-state index is -2.96. The van der Waals surface area contributed by atoms with Crippen LogP contribution in [0.25, 0.3) is 0 Å². The van der Waals surface area contributed by atoms with E-state index < -0.39 is 15.4 Å². The second-order valence-electron chi connectivity index (χ2n) is 5.12. The van der Waals surface area contributed by atoms with Crippen molar-refractivity contribution in [3.05, 3.63) is 0 Å². The van der Waals surface area contributed by atoms with E-state index in [0.29, 0.717) is 5.92 Å². The molecule has 0 amide bonds. The summed E-state index contributed by atoms with van der Waals surface area (Å²) in [5.74, 6) is 0.917. The Morgan fingerprint density at radius 3 is 2.14 bits per heavy atom. The topological polar surface area (TPSA) is 60.2 Å². The molecule has 0 aromatic heterocycles. The molecular formula is C10H23NO2S. The molecule has 14 heavy (non-hydrogen) atoms. The molecule has 2 N–H and O–H groups in total. The lowest BCUT2D eigenvalue weighted by Gasteiger charge is -2.18. The van der Waals surface area contributed by atoms with Gasteiger partial charge in [-0.2, -0.15) is 0 Å². The third-order valence-corrected chi connectivity index (χ3v) is 3.92. The molecule has 86 valence electrons. The fraction of sp³-hybridized carbons (Fsp3) is 1.00. The number of nitrogens with two attached hydrogens (primary N) is 1. The molecule has 0 aliphatic rings. The van der Waals surface area contributed by atoms with E-state index in [1.807, 2.05) is 0 Å². The van der Waals surface area contributed by atoms with Crippen molar-refractivity contribution >= 4 is 9.84 Å². The first-order valence-electron chi connectivity index (χ1n) is 5.12. The first-order chi connectivity index (χ1) is 6.12. The van der Waals surface area contributed by atoms with Crippen molar-refractivity contribution in [1.82, 2.24) is 0 Å². The third kappa shape index (κ3) is 8.51. The number of hydrogen-bond donors (Lipinski definition) is 1. The zero-order chi connectivity index (χ0) is 11.4. The highest BCUT2D eigenvalue weighted by Gasteiger charge is 2.21. The summed E-state index contributed by atoms with van der Waals surface area (Å²) >= 11 is 0. The number of rotatable bonds is 6. The molecule has 0 aliphatic heterocycles. The van der Waals surface area contributed by atoms with Crippen molar-refractivity contribution in [3.63, 3.8) is 0 Å². The van der Waals surface area contributed by atoms with Gasteiger partial charge in [-0.3, -0.25) is 0 Å². The highest BCUT2D eigenvalue weighted by molar-refractivity contribution is 7.91. The molecule has 0 bridgehead atoms. The molecular weight excluding hydrogens is 198 g/mol. The predicted octanol–water partition coefficient (Wildman–Crippen LogP) is 1.57. The van der Waals surface area contributed by atoms with Gasteiger partial charge in [0.2, 0.25) is 0 Å². The van der Waals surface area contributed by atoms with E-state index in [1.165, 1.54) is 0 Å². The summed E-state index contributed by atoms with van der Waals surface area (Å²) in [5, 5.41) is 0. The SMILES string of the molecule is CC(C)CCCS(=O)(=O)CC(C)(C)N. The molecule has 0 heterocycles. The van der Waals surface area contributed by atoms with E-state index in [-0.39, 0.29) is 11.5 Å². The van der Waals surface area contributed by atoms with Crippen LogP contribution in [0.5, 0.6) is 0 Å². The van der Waals surface area contributed by atoms with Gasteiger partial charge in [-0.15, -0.1) is 0 Å². The third-order valence-electron chi connectivity index (χ3n) is 1.83. The van der Waals surface area contributed by atoms with Gasteiger partial charge in [0.05, 0.1) is 11.5 Å². The lowest BCUT2D eigenvalue weighted by Crippen LogP contribution is -2.40. The van der Waals surface area contributed by atoms with Gasteiger partial charge in [0.25, 0.3) is 0 Å². The fourth-order valence-corrected chi connectivity index (χ4v) is 3.23. The van der Waals surface area contributed by atoms with E-state index in [1.54, 1.807) is 13.8 Å². The Kier molecular flexibility index (Phi) is 5.09. The molecule has 0 spiro atoms. The molecule has 0 radical (unpaired) electrons. The number of sulfone groups is 1. The highest BCUT2D eigenvalue weighted by Crippen LogP contribution is 2.09. The molecule has 0 aromatic carbocycles. The monoisotopic (exact) mass is 221 g/mol. The largest absolute Gasteiger partial charge is 0.325 e. The summed E-state index contributed by atoms with van der Waals surface area (Å²) in [7, 11) is -2.96. The van der Waals surface area contributed by atoms with Crippen LogP contribution in [-0.4, -0.2) is 25.5 Å². The van der Waals surface area contributed by atoms with Crippen molar-refractivity contribution in [2.24, 2.45) is 11.7 Å². The van der Waals surface area contributed by atoms with E-state index >= 15 is 0 Å². The Morgan fingerprint density at radius 1 is 1.29 bits per heavy atom. The second kappa shape index (κ2) is 5.12. The maximum absolute atomic E-state index is 11.5. The Bertz CT molecular complexity index is 250. The molecule has 3 nitrogen and oxygen atoms in total. The summed E-state index contributed by atoms with van der Waals surface area (Å²) in [6.45, 7) is 7.68. The van der Waals surface area contributed by atoms with Crippen LogP contribution in [0.15, 0.2) is 0 Å². The van der Waals surface area contributed by atoms with Gasteiger partial charge in [0, 0.05) is 5.54 Å². The lowest BCUT2D eigenvalue weighted by atomic mass is 10.1. The van der Waals surface area contributed by atoms with Gasteiger partial charge in [0.15, 0.2) is 9.84 Å². The average molecular weight is 221 g/mol. The van der Waals surface area contributed by atoms with Gasteiger partial charge >= 0.3 is 0 Å². The first kappa shape index (κ1) is 13.9. The van der Waals surface area contributed by atoms with E-state index in [9.17, 15) is 8.42 Å². The molecule has 4 heteroatoms. The van der Waals surface area contributed by atoms with Crippen molar-refractivity contribution in [2.75, 3.05) is 11.5 Å². The van der Waals surface area contributed by atoms with Crippen LogP contribution in [0.3, 0.4) is 0 Å². The van der Waals surface area contributed by atoms with Crippen LogP contribution < -0.4 is 5.73 Å². The maximum Gasteiger partial charge on any atom is 0.152 e. The van der Waals surface area contributed by atoms with Crippen LogP contribution in [0.4, 0.5) is 0 Å². The smallest absolute Gasteiger partial charge is 0.152 e. The molecule has 0 rings (SSSR count). The summed E-state index contributed by atoms with van der Waals surface area (Å²) in [6, 6.07) is 0. The van der Waals surface area contributed by atoms with Crippen LogP contribution >= 0.6 is 0 Å². The molecule has 0 saturated heterocycles. The van der Waals surface area contributed by atoms with Gasteiger partial charge in [-0.05, 0) is 26.2 Å². The summed E-state index contributed by atoms with van der Waals surface area (Å²) < 4.78 is 23.1. The Balaban J connectivity index is 3.98. The van der Waals surface area contributed by atoms with E-state index in [2.05, 4.69) is 13.8 Å². The maximum atomic E-state index is 11.5. The fourth-order valence-electron chi connectivity index (χ4n) is 1.35. The molecule has 0 fully saturated rings. The van der Waals surface area contributed by atoms with Crippen LogP contribution in [0.2, 0.25) is 0 Å². The minimum absolute atomic E-state index is 0.0814. The highest BCUT2D eigenvalue weighted by atomic mass is 32.2. The van der Waals surface area contributed by atoms with Crippen molar-refractivity contribution in [3.8, 4) is 0 Å². The molecule has 0 unspecified atom stereocenters. The quantitative estimate of drug-likeness (QED) is 0.740. The van der Waals surface area contributed by atoms with Crippen LogP contribution in [0.1, 0.15) is 40.5 Å². The Hall–Kier alpha value is -0.0900. The normalized spacial score (nSPS) is 13.6. The predicted molar refractivity (Wildman–Crippen MR) is 61.0 cm³/mol. The molecule has 0 aromatic rings. The summed E-state index contributed by atoms with van der Waals surface area (Å²) in [4.78, 5) is 0. The van der Waals surface area contributed by atoms with Gasteiger partial charge in [-0.25, -0.2) is 8.42 Å². The van der Waals surface area contributed by atoms with Crippen molar-refractivity contribution in [2.45, 2.75) is 46.1 Å². The van der Waals surface area contributed by atoms with Crippen LogP contribution in [-0.2, 0) is 9.84 Å². The zero-order valence-electron chi connectivity index (χ0n) is 9.71. The van der Waals surface area contributed by atoms with Crippen molar-refractivity contribution in [1.29, 1.82) is 0 Å². The Morgan fingerprint density at radius 2 is 1.79 bits per heavy atom. The summed E-state index contributed by atoms with van der Waals surface area (Å²) in [5.41, 5.74) is 5.06. The molecule has 0 saturated carbocycles. The second-order valence-corrected chi connectivity index (χ2v) is 7.30. The van der Waals surface area contributed by atoms with Gasteiger partial charge < -0.3 is 5.73 Å². The standard InChI is InChI=1S/C10H23NO2S/c1-9(2)6-5-7-14(12,13)8-10(3,4)11/h9H,5-8,11H2,1-4H3. The lowest BCUT2D eigenvalue weighted by molar-refractivity contribution is 0.533. The average Bonchev–Trinajstić information content (AvgIpc) is 1.78. The molecule has 0 atom stereocenters. The minimum Gasteiger partial charge on any atom is -0.325 e.